The highest BCUT2D eigenvalue weighted by molar-refractivity contribution is 6.38. The van der Waals surface area contributed by atoms with Gasteiger partial charge in [0.2, 0.25) is 0 Å². The predicted molar refractivity (Wildman–Crippen MR) is 86.1 cm³/mol. The normalized spacial score (nSPS) is 10.5. The predicted octanol–water partition coefficient (Wildman–Crippen LogP) is 4.15. The molecule has 112 valence electrons. The monoisotopic (exact) mass is 327 g/mol. The zero-order valence-electron chi connectivity index (χ0n) is 11.8. The van der Waals surface area contributed by atoms with Crippen LogP contribution < -0.4 is 9.64 Å². The molecule has 0 saturated carbocycles. The van der Waals surface area contributed by atoms with Crippen LogP contribution in [0, 0.1) is 0 Å². The molecule has 21 heavy (non-hydrogen) atoms. The van der Waals surface area contributed by atoms with E-state index in [1.165, 1.54) is 13.2 Å². The molecule has 0 aliphatic carbocycles. The lowest BCUT2D eigenvalue weighted by atomic mass is 10.0. The van der Waals surface area contributed by atoms with Crippen LogP contribution in [0.1, 0.15) is 0 Å². The molecule has 2 rings (SSSR count). The summed E-state index contributed by atoms with van der Waals surface area (Å²) in [6.45, 7) is 0. The van der Waals surface area contributed by atoms with E-state index in [1.54, 1.807) is 6.07 Å². The largest absolute Gasteiger partial charge is 0.506 e. The number of halogens is 2. The Hall–Kier alpha value is -1.78. The Balaban J connectivity index is 2.73. The molecule has 2 aromatic carbocycles. The molecular formula is C15H15Cl2NO3. The van der Waals surface area contributed by atoms with E-state index in [9.17, 15) is 10.2 Å². The molecule has 6 heteroatoms. The molecule has 0 aliphatic rings. The van der Waals surface area contributed by atoms with E-state index in [-0.39, 0.29) is 27.1 Å². The van der Waals surface area contributed by atoms with Crippen molar-refractivity contribution in [2.75, 3.05) is 26.1 Å². The fourth-order valence-electron chi connectivity index (χ4n) is 2.01. The summed E-state index contributed by atoms with van der Waals surface area (Å²) >= 11 is 12.0. The summed E-state index contributed by atoms with van der Waals surface area (Å²) in [4.78, 5) is 1.92. The molecule has 0 aliphatic heterocycles. The summed E-state index contributed by atoms with van der Waals surface area (Å²) in [5, 5.41) is 20.0. The number of phenols is 2. The second-order valence-corrected chi connectivity index (χ2v) is 5.48. The topological polar surface area (TPSA) is 52.9 Å². The van der Waals surface area contributed by atoms with Crippen molar-refractivity contribution in [3.05, 3.63) is 34.3 Å². The highest BCUT2D eigenvalue weighted by atomic mass is 35.5. The molecule has 0 radical (unpaired) electrons. The van der Waals surface area contributed by atoms with Crippen LogP contribution in [-0.4, -0.2) is 31.4 Å². The van der Waals surface area contributed by atoms with Gasteiger partial charge in [0.1, 0.15) is 17.2 Å². The van der Waals surface area contributed by atoms with Crippen LogP contribution in [0.15, 0.2) is 24.3 Å². The number of aromatic hydroxyl groups is 2. The lowest BCUT2D eigenvalue weighted by molar-refractivity contribution is 0.415. The third-order valence-electron chi connectivity index (χ3n) is 3.14. The maximum absolute atomic E-state index is 10.2. The Kier molecular flexibility index (Phi) is 4.40. The van der Waals surface area contributed by atoms with Crippen molar-refractivity contribution in [1.29, 1.82) is 0 Å². The molecule has 0 aromatic heterocycles. The van der Waals surface area contributed by atoms with E-state index in [0.717, 1.165) is 5.69 Å². The van der Waals surface area contributed by atoms with Crippen molar-refractivity contribution >= 4 is 28.9 Å². The number of benzene rings is 2. The van der Waals surface area contributed by atoms with Crippen LogP contribution in [0.2, 0.25) is 10.0 Å². The molecule has 0 fully saturated rings. The van der Waals surface area contributed by atoms with Crippen molar-refractivity contribution in [1.82, 2.24) is 0 Å². The number of rotatable bonds is 3. The molecule has 0 atom stereocenters. The minimum absolute atomic E-state index is 0.0191. The van der Waals surface area contributed by atoms with Crippen LogP contribution >= 0.6 is 23.2 Å². The van der Waals surface area contributed by atoms with Crippen molar-refractivity contribution in [3.8, 4) is 28.4 Å². The van der Waals surface area contributed by atoms with Crippen LogP contribution in [-0.2, 0) is 0 Å². The summed E-state index contributed by atoms with van der Waals surface area (Å²) in [6.07, 6.45) is 0. The number of methoxy groups -OCH3 is 1. The summed E-state index contributed by atoms with van der Waals surface area (Å²) in [5.74, 6) is 0.114. The van der Waals surface area contributed by atoms with E-state index < -0.39 is 0 Å². The van der Waals surface area contributed by atoms with Crippen molar-refractivity contribution in [2.45, 2.75) is 0 Å². The molecule has 0 unspecified atom stereocenters. The Morgan fingerprint density at radius 2 is 1.76 bits per heavy atom. The third kappa shape index (κ3) is 2.82. The molecular weight excluding hydrogens is 313 g/mol. The van der Waals surface area contributed by atoms with Crippen LogP contribution in [0.4, 0.5) is 5.69 Å². The van der Waals surface area contributed by atoms with E-state index in [2.05, 4.69) is 0 Å². The number of hydrogen-bond acceptors (Lipinski definition) is 4. The molecule has 4 nitrogen and oxygen atoms in total. The first-order valence-electron chi connectivity index (χ1n) is 6.12. The van der Waals surface area contributed by atoms with E-state index in [4.69, 9.17) is 27.9 Å². The van der Waals surface area contributed by atoms with Crippen molar-refractivity contribution < 1.29 is 14.9 Å². The standard InChI is InChI=1S/C15H15Cl2NO3/c1-18(2)8-4-5-9(12(6-8)21-3)13-14(17)11(19)7-10(16)15(13)20/h4-7,19-20H,1-3H3. The molecule has 0 saturated heterocycles. The quantitative estimate of drug-likeness (QED) is 0.831. The highest BCUT2D eigenvalue weighted by Crippen LogP contribution is 2.48. The maximum atomic E-state index is 10.2. The van der Waals surface area contributed by atoms with Crippen molar-refractivity contribution in [2.24, 2.45) is 0 Å². The Morgan fingerprint density at radius 1 is 1.10 bits per heavy atom. The van der Waals surface area contributed by atoms with E-state index >= 15 is 0 Å². The van der Waals surface area contributed by atoms with Gasteiger partial charge in [-0.05, 0) is 12.1 Å². The van der Waals surface area contributed by atoms with Gasteiger partial charge in [0.25, 0.3) is 0 Å². The average Bonchev–Trinajstić information content (AvgIpc) is 2.45. The highest BCUT2D eigenvalue weighted by Gasteiger charge is 2.20. The number of ether oxygens (including phenoxy) is 1. The van der Waals surface area contributed by atoms with Crippen molar-refractivity contribution in [3.63, 3.8) is 0 Å². The van der Waals surface area contributed by atoms with Gasteiger partial charge in [0, 0.05) is 37.5 Å². The molecule has 0 amide bonds. The number of hydrogen-bond donors (Lipinski definition) is 2. The number of nitrogens with zero attached hydrogens (tertiary/aromatic N) is 1. The number of anilines is 1. The summed E-state index contributed by atoms with van der Waals surface area (Å²) in [7, 11) is 5.34. The second-order valence-electron chi connectivity index (χ2n) is 4.69. The van der Waals surface area contributed by atoms with Gasteiger partial charge in [0.05, 0.1) is 22.7 Å². The molecule has 2 N–H and O–H groups in total. The minimum atomic E-state index is -0.201. The van der Waals surface area contributed by atoms with E-state index in [1.807, 2.05) is 31.1 Å². The third-order valence-corrected chi connectivity index (χ3v) is 3.81. The number of phenolic OH excluding ortho intramolecular Hbond substituents is 2. The van der Waals surface area contributed by atoms with Gasteiger partial charge >= 0.3 is 0 Å². The smallest absolute Gasteiger partial charge is 0.143 e. The van der Waals surface area contributed by atoms with Crippen LogP contribution in [0.5, 0.6) is 17.2 Å². The first-order valence-corrected chi connectivity index (χ1v) is 6.88. The zero-order valence-corrected chi connectivity index (χ0v) is 13.3. The summed E-state index contributed by atoms with van der Waals surface area (Å²) < 4.78 is 5.36. The van der Waals surface area contributed by atoms with Gasteiger partial charge in [-0.15, -0.1) is 0 Å². The second kappa shape index (κ2) is 5.92. The van der Waals surface area contributed by atoms with Crippen LogP contribution in [0.25, 0.3) is 11.1 Å². The average molecular weight is 328 g/mol. The first kappa shape index (κ1) is 15.6. The lowest BCUT2D eigenvalue weighted by Gasteiger charge is -2.18. The van der Waals surface area contributed by atoms with Crippen LogP contribution in [0.3, 0.4) is 0 Å². The summed E-state index contributed by atoms with van der Waals surface area (Å²) in [5.41, 5.74) is 1.71. The van der Waals surface area contributed by atoms with Gasteiger partial charge in [-0.3, -0.25) is 0 Å². The molecule has 2 aromatic rings. The Labute approximate surface area is 133 Å². The Morgan fingerprint density at radius 3 is 2.33 bits per heavy atom. The molecule has 0 heterocycles. The molecule has 0 spiro atoms. The SMILES string of the molecule is COc1cc(N(C)C)ccc1-c1c(O)c(Cl)cc(O)c1Cl. The minimum Gasteiger partial charge on any atom is -0.506 e. The van der Waals surface area contributed by atoms with E-state index in [0.29, 0.717) is 11.3 Å². The fourth-order valence-corrected chi connectivity index (χ4v) is 2.46. The molecule has 0 bridgehead atoms. The maximum Gasteiger partial charge on any atom is 0.143 e. The first-order chi connectivity index (χ1) is 9.86. The lowest BCUT2D eigenvalue weighted by Crippen LogP contribution is -2.08. The summed E-state index contributed by atoms with van der Waals surface area (Å²) in [6, 6.07) is 6.61. The van der Waals surface area contributed by atoms with Gasteiger partial charge in [-0.2, -0.15) is 0 Å². The van der Waals surface area contributed by atoms with Gasteiger partial charge in [-0.25, -0.2) is 0 Å². The van der Waals surface area contributed by atoms with Gasteiger partial charge in [0.15, 0.2) is 0 Å². The van der Waals surface area contributed by atoms with Gasteiger partial charge < -0.3 is 19.8 Å². The zero-order chi connectivity index (χ0) is 15.7. The Bertz CT molecular complexity index is 661. The fraction of sp³-hybridized carbons (Fsp3) is 0.200. The van der Waals surface area contributed by atoms with Gasteiger partial charge in [-0.1, -0.05) is 23.2 Å².